The van der Waals surface area contributed by atoms with Crippen LogP contribution in [0.4, 0.5) is 9.70 Å². The first kappa shape index (κ1) is 12.8. The first-order valence-electron chi connectivity index (χ1n) is 5.40. The van der Waals surface area contributed by atoms with Gasteiger partial charge in [0.05, 0.1) is 18.8 Å². The van der Waals surface area contributed by atoms with Gasteiger partial charge >= 0.3 is 0 Å². The smallest absolute Gasteiger partial charge is 0.254 e. The van der Waals surface area contributed by atoms with Gasteiger partial charge in [-0.15, -0.1) is 0 Å². The second kappa shape index (κ2) is 5.81. The van der Waals surface area contributed by atoms with Gasteiger partial charge in [-0.1, -0.05) is 0 Å². The van der Waals surface area contributed by atoms with E-state index in [9.17, 15) is 8.68 Å². The molecule has 5 nitrogen and oxygen atoms in total. The summed E-state index contributed by atoms with van der Waals surface area (Å²) >= 11 is 0.224. The lowest BCUT2D eigenvalue weighted by atomic mass is 10.3. The maximum Gasteiger partial charge on any atom is 0.254 e. The van der Waals surface area contributed by atoms with Crippen LogP contribution in [0.3, 0.4) is 0 Å². The van der Waals surface area contributed by atoms with E-state index < -0.39 is 0 Å². The zero-order valence-corrected chi connectivity index (χ0v) is 10.6. The van der Waals surface area contributed by atoms with Crippen LogP contribution in [0.5, 0.6) is 5.75 Å². The third-order valence-corrected chi connectivity index (χ3v) is 2.60. The maximum atomic E-state index is 11.9. The van der Waals surface area contributed by atoms with Crippen molar-refractivity contribution in [2.24, 2.45) is 5.10 Å². The van der Waals surface area contributed by atoms with Crippen LogP contribution in [-0.4, -0.2) is 29.0 Å². The van der Waals surface area contributed by atoms with Crippen molar-refractivity contribution in [2.45, 2.75) is 13.3 Å². The minimum Gasteiger partial charge on any atom is -0.492 e. The van der Waals surface area contributed by atoms with Crippen LogP contribution in [0, 0.1) is 0 Å². The quantitative estimate of drug-likeness (QED) is 0.769. The fraction of sp³-hybridized carbons (Fsp3) is 0.364. The molecule has 0 aliphatic carbocycles. The number of pyridine rings is 1. The number of hydrogen-bond acceptors (Lipinski definition) is 5. The van der Waals surface area contributed by atoms with Gasteiger partial charge in [-0.05, 0) is 13.0 Å². The molecule has 0 saturated carbocycles. The highest BCUT2D eigenvalue weighted by Crippen LogP contribution is 2.22. The number of anilines is 1. The molecule has 0 aromatic carbocycles. The Kier molecular flexibility index (Phi) is 4.14. The molecule has 0 atom stereocenters. The van der Waals surface area contributed by atoms with E-state index >= 15 is 0 Å². The van der Waals surface area contributed by atoms with Crippen LogP contribution < -0.4 is 9.75 Å². The number of hydrogen-bond donors (Lipinski definition) is 0. The van der Waals surface area contributed by atoms with Crippen molar-refractivity contribution in [1.82, 2.24) is 4.98 Å². The minimum absolute atomic E-state index is 0.114. The summed E-state index contributed by atoms with van der Waals surface area (Å²) in [5, 5.41) is 5.35. The number of halogens is 1. The topological polar surface area (TPSA) is 54.8 Å². The molecule has 0 unspecified atom stereocenters. The largest absolute Gasteiger partial charge is 0.492 e. The standard InChI is InChI=1S/C11H12FN3O2S/c1-8-6-11(16)15(14-8)10-7-9(2-3-13-10)17-4-5-18-12/h2-3,7H,4-6H2,1H3. The van der Waals surface area contributed by atoms with Crippen LogP contribution in [0.2, 0.25) is 0 Å². The third kappa shape index (κ3) is 2.98. The second-order valence-corrected chi connectivity index (χ2v) is 4.36. The number of hydrazone groups is 1. The fourth-order valence-corrected chi connectivity index (χ4v) is 1.68. The first-order valence-corrected chi connectivity index (χ1v) is 6.28. The lowest BCUT2D eigenvalue weighted by molar-refractivity contribution is -0.116. The summed E-state index contributed by atoms with van der Waals surface area (Å²) in [6.07, 6.45) is 1.84. The van der Waals surface area contributed by atoms with E-state index in [0.717, 1.165) is 5.71 Å². The number of carbonyl (C=O) groups is 1. The molecule has 0 spiro atoms. The number of rotatable bonds is 5. The van der Waals surface area contributed by atoms with E-state index in [1.165, 1.54) is 11.2 Å². The summed E-state index contributed by atoms with van der Waals surface area (Å²) in [4.78, 5) is 15.7. The van der Waals surface area contributed by atoms with Crippen molar-refractivity contribution in [2.75, 3.05) is 17.4 Å². The fourth-order valence-electron chi connectivity index (χ4n) is 1.53. The molecule has 7 heteroatoms. The lowest BCUT2D eigenvalue weighted by Gasteiger charge is -2.11. The van der Waals surface area contributed by atoms with Crippen LogP contribution in [0.25, 0.3) is 0 Å². The molecule has 0 saturated heterocycles. The van der Waals surface area contributed by atoms with Gasteiger partial charge in [0.15, 0.2) is 5.82 Å². The Morgan fingerprint density at radius 1 is 1.61 bits per heavy atom. The summed E-state index contributed by atoms with van der Waals surface area (Å²) in [6, 6.07) is 3.27. The minimum atomic E-state index is -0.114. The van der Waals surface area contributed by atoms with Gasteiger partial charge in [-0.25, -0.2) is 4.98 Å². The Morgan fingerprint density at radius 3 is 3.11 bits per heavy atom. The zero-order valence-electron chi connectivity index (χ0n) is 9.80. The Balaban J connectivity index is 2.10. The van der Waals surface area contributed by atoms with E-state index in [1.54, 1.807) is 19.1 Å². The Hall–Kier alpha value is -1.63. The van der Waals surface area contributed by atoms with E-state index in [0.29, 0.717) is 18.0 Å². The molecule has 1 aromatic heterocycles. The van der Waals surface area contributed by atoms with E-state index in [1.807, 2.05) is 0 Å². The van der Waals surface area contributed by atoms with Gasteiger partial charge in [-0.2, -0.15) is 14.0 Å². The van der Waals surface area contributed by atoms with Crippen LogP contribution in [-0.2, 0) is 4.79 Å². The van der Waals surface area contributed by atoms with Gasteiger partial charge in [0, 0.05) is 30.1 Å². The molecule has 0 radical (unpaired) electrons. The van der Waals surface area contributed by atoms with Crippen LogP contribution in [0.15, 0.2) is 23.4 Å². The average Bonchev–Trinajstić information content (AvgIpc) is 2.69. The average molecular weight is 269 g/mol. The Morgan fingerprint density at radius 2 is 2.44 bits per heavy atom. The van der Waals surface area contributed by atoms with Gasteiger partial charge in [0.2, 0.25) is 0 Å². The first-order chi connectivity index (χ1) is 8.70. The Bertz CT molecular complexity index is 481. The van der Waals surface area contributed by atoms with Crippen molar-refractivity contribution < 1.29 is 13.4 Å². The number of amides is 1. The third-order valence-electron chi connectivity index (χ3n) is 2.28. The molecule has 2 heterocycles. The number of nitrogens with zero attached hydrogens (tertiary/aromatic N) is 3. The molecular weight excluding hydrogens is 257 g/mol. The maximum absolute atomic E-state index is 11.9. The van der Waals surface area contributed by atoms with Crippen LogP contribution >= 0.6 is 12.1 Å². The molecule has 1 amide bonds. The summed E-state index contributed by atoms with van der Waals surface area (Å²) in [7, 11) is 0. The number of aromatic nitrogens is 1. The number of ether oxygens (including phenoxy) is 1. The normalized spacial score (nSPS) is 14.9. The predicted molar refractivity (Wildman–Crippen MR) is 68.5 cm³/mol. The van der Waals surface area contributed by atoms with Crippen LogP contribution in [0.1, 0.15) is 13.3 Å². The van der Waals surface area contributed by atoms with E-state index in [4.69, 9.17) is 4.74 Å². The number of carbonyl (C=O) groups excluding carboxylic acids is 1. The Labute approximate surface area is 108 Å². The van der Waals surface area contributed by atoms with Gasteiger partial charge in [0.1, 0.15) is 5.75 Å². The molecule has 96 valence electrons. The second-order valence-electron chi connectivity index (χ2n) is 3.73. The van der Waals surface area contributed by atoms with Crippen molar-refractivity contribution in [3.8, 4) is 5.75 Å². The van der Waals surface area contributed by atoms with Gasteiger partial charge in [-0.3, -0.25) is 4.79 Å². The molecule has 2 rings (SSSR count). The van der Waals surface area contributed by atoms with Crippen molar-refractivity contribution in [3.63, 3.8) is 0 Å². The molecule has 0 fully saturated rings. The van der Waals surface area contributed by atoms with Crippen molar-refractivity contribution in [3.05, 3.63) is 18.3 Å². The molecule has 1 aliphatic heterocycles. The molecule has 18 heavy (non-hydrogen) atoms. The summed E-state index contributed by atoms with van der Waals surface area (Å²) in [6.45, 7) is 2.05. The highest BCUT2D eigenvalue weighted by atomic mass is 32.2. The molecule has 1 aromatic rings. The zero-order chi connectivity index (χ0) is 13.0. The van der Waals surface area contributed by atoms with E-state index in [-0.39, 0.29) is 30.4 Å². The molecule has 1 aliphatic rings. The monoisotopic (exact) mass is 269 g/mol. The highest BCUT2D eigenvalue weighted by Gasteiger charge is 2.23. The molecule has 0 bridgehead atoms. The molecular formula is C11H12FN3O2S. The highest BCUT2D eigenvalue weighted by molar-refractivity contribution is 7.94. The predicted octanol–water partition coefficient (Wildman–Crippen LogP) is 2.19. The van der Waals surface area contributed by atoms with Gasteiger partial charge in [0.25, 0.3) is 5.91 Å². The van der Waals surface area contributed by atoms with E-state index in [2.05, 4.69) is 10.1 Å². The summed E-state index contributed by atoms with van der Waals surface area (Å²) in [5.41, 5.74) is 0.752. The summed E-state index contributed by atoms with van der Waals surface area (Å²) < 4.78 is 17.2. The van der Waals surface area contributed by atoms with Gasteiger partial charge < -0.3 is 4.74 Å². The SMILES string of the molecule is CC1=NN(c2cc(OCCSF)ccn2)C(=O)C1. The lowest BCUT2D eigenvalue weighted by Crippen LogP contribution is -2.20. The van der Waals surface area contributed by atoms with Crippen molar-refractivity contribution in [1.29, 1.82) is 0 Å². The van der Waals surface area contributed by atoms with Crippen molar-refractivity contribution >= 4 is 29.6 Å². The summed E-state index contributed by atoms with van der Waals surface area (Å²) in [5.74, 6) is 1.11. The molecule has 0 N–H and O–H groups in total.